The number of hydrogen-bond acceptors (Lipinski definition) is 3. The monoisotopic (exact) mass is 204 g/mol. The van der Waals surface area contributed by atoms with Crippen molar-refractivity contribution < 1.29 is 5.11 Å². The number of rotatable bonds is 3. The molecule has 0 spiro atoms. The molecule has 1 aliphatic rings. The maximum absolute atomic E-state index is 8.75. The normalized spacial score (nSPS) is 18.9. The SMILES string of the molecule is CC1C=c2nc(CCCO)ccc2=NC1. The van der Waals surface area contributed by atoms with E-state index in [1.807, 2.05) is 12.1 Å². The molecule has 1 atom stereocenters. The largest absolute Gasteiger partial charge is 0.396 e. The van der Waals surface area contributed by atoms with Crippen molar-refractivity contribution in [2.75, 3.05) is 13.2 Å². The van der Waals surface area contributed by atoms with Crippen LogP contribution in [0.25, 0.3) is 6.08 Å². The molecule has 80 valence electrons. The standard InChI is InChI=1S/C12H16N2O/c1-9-7-12-11(13-8-9)5-4-10(14-12)3-2-6-15/h4-5,7,9,15H,2-3,6,8H2,1H3. The summed E-state index contributed by atoms with van der Waals surface area (Å²) in [5.41, 5.74) is 1.04. The van der Waals surface area contributed by atoms with Gasteiger partial charge in [0.05, 0.1) is 10.7 Å². The molecule has 0 amide bonds. The van der Waals surface area contributed by atoms with Crippen molar-refractivity contribution in [2.45, 2.75) is 19.8 Å². The van der Waals surface area contributed by atoms with E-state index in [1.165, 1.54) is 0 Å². The maximum atomic E-state index is 8.75. The van der Waals surface area contributed by atoms with Gasteiger partial charge in [0.1, 0.15) is 0 Å². The molecule has 0 aromatic carbocycles. The lowest BCUT2D eigenvalue weighted by atomic mass is 10.1. The van der Waals surface area contributed by atoms with Crippen LogP contribution in [0.5, 0.6) is 0 Å². The molecular weight excluding hydrogens is 188 g/mol. The summed E-state index contributed by atoms with van der Waals surface area (Å²) < 4.78 is 0. The Morgan fingerprint density at radius 1 is 1.47 bits per heavy atom. The Labute approximate surface area is 89.2 Å². The van der Waals surface area contributed by atoms with E-state index in [1.54, 1.807) is 0 Å². The van der Waals surface area contributed by atoms with Gasteiger partial charge in [-0.05, 0) is 30.9 Å². The Balaban J connectivity index is 2.33. The first-order valence-corrected chi connectivity index (χ1v) is 5.43. The van der Waals surface area contributed by atoms with Crippen LogP contribution in [-0.4, -0.2) is 23.2 Å². The molecule has 1 aromatic heterocycles. The quantitative estimate of drug-likeness (QED) is 0.756. The van der Waals surface area contributed by atoms with Crippen molar-refractivity contribution in [1.82, 2.24) is 4.98 Å². The number of aliphatic hydroxyl groups is 1. The highest BCUT2D eigenvalue weighted by Crippen LogP contribution is 1.99. The number of aryl methyl sites for hydroxylation is 1. The molecule has 0 radical (unpaired) electrons. The summed E-state index contributed by atoms with van der Waals surface area (Å²) in [4.78, 5) is 8.99. The summed E-state index contributed by atoms with van der Waals surface area (Å²) in [5, 5.41) is 10.8. The fourth-order valence-corrected chi connectivity index (χ4v) is 1.73. The Hall–Kier alpha value is -1.22. The van der Waals surface area contributed by atoms with E-state index >= 15 is 0 Å². The highest BCUT2D eigenvalue weighted by molar-refractivity contribution is 5.25. The molecule has 15 heavy (non-hydrogen) atoms. The lowest BCUT2D eigenvalue weighted by Gasteiger charge is -2.07. The van der Waals surface area contributed by atoms with Crippen LogP contribution >= 0.6 is 0 Å². The summed E-state index contributed by atoms with van der Waals surface area (Å²) in [6, 6.07) is 4.03. The first kappa shape index (κ1) is 10.3. The predicted molar refractivity (Wildman–Crippen MR) is 58.9 cm³/mol. The van der Waals surface area contributed by atoms with Gasteiger partial charge in [-0.3, -0.25) is 9.98 Å². The lowest BCUT2D eigenvalue weighted by molar-refractivity contribution is 0.288. The van der Waals surface area contributed by atoms with Crippen molar-refractivity contribution in [3.63, 3.8) is 0 Å². The molecule has 1 aromatic rings. The Morgan fingerprint density at radius 3 is 3.13 bits per heavy atom. The number of hydrogen-bond donors (Lipinski definition) is 1. The molecule has 0 saturated heterocycles. The van der Waals surface area contributed by atoms with Crippen LogP contribution in [0.2, 0.25) is 0 Å². The van der Waals surface area contributed by atoms with E-state index in [0.717, 1.165) is 35.8 Å². The second-order valence-corrected chi connectivity index (χ2v) is 4.02. The van der Waals surface area contributed by atoms with Crippen LogP contribution in [0.3, 0.4) is 0 Å². The number of fused-ring (bicyclic) bond motifs is 1. The molecule has 0 fully saturated rings. The molecule has 0 aliphatic carbocycles. The van der Waals surface area contributed by atoms with E-state index in [2.05, 4.69) is 23.0 Å². The van der Waals surface area contributed by atoms with E-state index in [-0.39, 0.29) is 6.61 Å². The van der Waals surface area contributed by atoms with Crippen molar-refractivity contribution in [2.24, 2.45) is 10.9 Å². The zero-order chi connectivity index (χ0) is 10.7. The molecule has 3 heteroatoms. The average Bonchev–Trinajstić information content (AvgIpc) is 2.25. The van der Waals surface area contributed by atoms with Gasteiger partial charge in [0.2, 0.25) is 0 Å². The first-order chi connectivity index (χ1) is 7.29. The van der Waals surface area contributed by atoms with Crippen molar-refractivity contribution in [1.29, 1.82) is 0 Å². The molecule has 0 bridgehead atoms. The Bertz CT molecular complexity index is 453. The lowest BCUT2D eigenvalue weighted by Crippen LogP contribution is -2.34. The topological polar surface area (TPSA) is 45.5 Å². The fourth-order valence-electron chi connectivity index (χ4n) is 1.73. The van der Waals surface area contributed by atoms with Crippen molar-refractivity contribution in [3.8, 4) is 0 Å². The van der Waals surface area contributed by atoms with Gasteiger partial charge >= 0.3 is 0 Å². The summed E-state index contributed by atoms with van der Waals surface area (Å²) in [7, 11) is 0. The number of pyridine rings is 1. The molecule has 2 rings (SSSR count). The van der Waals surface area contributed by atoms with Gasteiger partial charge in [-0.1, -0.05) is 13.0 Å². The third-order valence-electron chi connectivity index (χ3n) is 2.54. The van der Waals surface area contributed by atoms with Crippen molar-refractivity contribution >= 4 is 6.08 Å². The molecule has 1 unspecified atom stereocenters. The van der Waals surface area contributed by atoms with Gasteiger partial charge in [-0.2, -0.15) is 0 Å². The third kappa shape index (κ3) is 2.42. The second kappa shape index (κ2) is 4.53. The van der Waals surface area contributed by atoms with Crippen molar-refractivity contribution in [3.05, 3.63) is 28.5 Å². The van der Waals surface area contributed by atoms with Gasteiger partial charge in [0.15, 0.2) is 0 Å². The van der Waals surface area contributed by atoms with E-state index in [4.69, 9.17) is 5.11 Å². The number of aliphatic hydroxyl groups excluding tert-OH is 1. The van der Waals surface area contributed by atoms with Gasteiger partial charge in [0.25, 0.3) is 0 Å². The van der Waals surface area contributed by atoms with Gasteiger partial charge in [-0.25, -0.2) is 0 Å². The second-order valence-electron chi connectivity index (χ2n) is 4.02. The van der Waals surface area contributed by atoms with Gasteiger partial charge in [-0.15, -0.1) is 0 Å². The molecular formula is C12H16N2O. The van der Waals surface area contributed by atoms with Gasteiger partial charge < -0.3 is 5.11 Å². The Morgan fingerprint density at radius 2 is 2.33 bits per heavy atom. The van der Waals surface area contributed by atoms with Crippen LogP contribution < -0.4 is 10.7 Å². The van der Waals surface area contributed by atoms with Crippen LogP contribution in [0.4, 0.5) is 0 Å². The zero-order valence-corrected chi connectivity index (χ0v) is 8.98. The summed E-state index contributed by atoms with van der Waals surface area (Å²) >= 11 is 0. The number of aromatic nitrogens is 1. The van der Waals surface area contributed by atoms with E-state index < -0.39 is 0 Å². The fraction of sp³-hybridized carbons (Fsp3) is 0.500. The van der Waals surface area contributed by atoms with Crippen LogP contribution in [0.15, 0.2) is 17.1 Å². The Kier molecular flexibility index (Phi) is 3.11. The van der Waals surface area contributed by atoms with E-state index in [0.29, 0.717) is 5.92 Å². The highest BCUT2D eigenvalue weighted by atomic mass is 16.2. The smallest absolute Gasteiger partial charge is 0.0848 e. The summed E-state index contributed by atoms with van der Waals surface area (Å²) in [6.45, 7) is 3.24. The minimum Gasteiger partial charge on any atom is -0.396 e. The van der Waals surface area contributed by atoms with Crippen LogP contribution in [0, 0.1) is 5.92 Å². The minimum absolute atomic E-state index is 0.225. The average molecular weight is 204 g/mol. The molecule has 2 heterocycles. The van der Waals surface area contributed by atoms with Crippen LogP contribution in [-0.2, 0) is 6.42 Å². The molecule has 1 aliphatic heterocycles. The zero-order valence-electron chi connectivity index (χ0n) is 8.98. The maximum Gasteiger partial charge on any atom is 0.0848 e. The van der Waals surface area contributed by atoms with Gasteiger partial charge in [0, 0.05) is 18.8 Å². The van der Waals surface area contributed by atoms with E-state index in [9.17, 15) is 0 Å². The molecule has 0 saturated carbocycles. The van der Waals surface area contributed by atoms with Crippen LogP contribution in [0.1, 0.15) is 19.0 Å². The summed E-state index contributed by atoms with van der Waals surface area (Å²) in [6.07, 6.45) is 3.79. The summed E-state index contributed by atoms with van der Waals surface area (Å²) in [5.74, 6) is 0.484. The minimum atomic E-state index is 0.225. The highest BCUT2D eigenvalue weighted by Gasteiger charge is 2.03. The molecule has 1 N–H and O–H groups in total. The number of nitrogens with zero attached hydrogens (tertiary/aromatic N) is 2. The predicted octanol–water partition coefficient (Wildman–Crippen LogP) is 0.0563. The first-order valence-electron chi connectivity index (χ1n) is 5.43. The molecule has 3 nitrogen and oxygen atoms in total. The third-order valence-corrected chi connectivity index (χ3v) is 2.54.